The van der Waals surface area contributed by atoms with Crippen molar-refractivity contribution in [2.24, 2.45) is 0 Å². The van der Waals surface area contributed by atoms with Crippen LogP contribution in [0.25, 0.3) is 0 Å². The highest BCUT2D eigenvalue weighted by molar-refractivity contribution is 7.92. The predicted octanol–water partition coefficient (Wildman–Crippen LogP) is 4.19. The molecule has 2 rings (SSSR count). The zero-order valence-corrected chi connectivity index (χ0v) is 23.7. The molecule has 0 bridgehead atoms. The largest absolute Gasteiger partial charge is 0.497 e. The lowest BCUT2D eigenvalue weighted by atomic mass is 10.1. The molecule has 0 aliphatic rings. The Kier molecular flexibility index (Phi) is 11.4. The van der Waals surface area contributed by atoms with Gasteiger partial charge in [0.2, 0.25) is 21.8 Å². The first kappa shape index (κ1) is 30.2. The first-order valence-electron chi connectivity index (χ1n) is 12.8. The molecule has 1 N–H and O–H groups in total. The van der Waals surface area contributed by atoms with E-state index in [1.165, 1.54) is 10.6 Å². The number of benzene rings is 2. The summed E-state index contributed by atoms with van der Waals surface area (Å²) >= 11 is 0. The van der Waals surface area contributed by atoms with Gasteiger partial charge in [-0.2, -0.15) is 0 Å². The average Bonchev–Trinajstić information content (AvgIpc) is 2.86. The van der Waals surface area contributed by atoms with Crippen LogP contribution >= 0.6 is 0 Å². The lowest BCUT2D eigenvalue weighted by Gasteiger charge is -2.31. The third kappa shape index (κ3) is 8.77. The summed E-state index contributed by atoms with van der Waals surface area (Å²) in [5.74, 6) is 0.286. The van der Waals surface area contributed by atoms with Gasteiger partial charge in [-0.1, -0.05) is 32.0 Å². The first-order chi connectivity index (χ1) is 17.5. The highest BCUT2D eigenvalue weighted by atomic mass is 32.2. The molecule has 0 aliphatic heterocycles. The van der Waals surface area contributed by atoms with E-state index in [1.54, 1.807) is 18.1 Å². The second-order valence-electron chi connectivity index (χ2n) is 9.30. The minimum Gasteiger partial charge on any atom is -0.497 e. The fourth-order valence-electron chi connectivity index (χ4n) is 4.14. The van der Waals surface area contributed by atoms with Crippen LogP contribution in [-0.2, 0) is 26.2 Å². The standard InChI is InChI=1S/C28H41N3O5S/c1-7-16-29-28(33)26(8-2)30(20-23-11-9-12-25(19-23)36-5)27(32)13-10-17-31(37(6,34)35)24-15-14-21(3)22(4)18-24/h9,11-12,14-15,18-19,26H,7-8,10,13,16-17,20H2,1-6H3,(H,29,33). The van der Waals surface area contributed by atoms with Crippen LogP contribution in [0.5, 0.6) is 5.75 Å². The topological polar surface area (TPSA) is 96.0 Å². The van der Waals surface area contributed by atoms with E-state index in [9.17, 15) is 18.0 Å². The number of amides is 2. The molecule has 2 aromatic rings. The summed E-state index contributed by atoms with van der Waals surface area (Å²) in [6.45, 7) is 8.72. The summed E-state index contributed by atoms with van der Waals surface area (Å²) in [7, 11) is -1.95. The lowest BCUT2D eigenvalue weighted by Crippen LogP contribution is -2.49. The molecule has 8 nitrogen and oxygen atoms in total. The smallest absolute Gasteiger partial charge is 0.242 e. The average molecular weight is 532 g/mol. The maximum absolute atomic E-state index is 13.5. The Hall–Kier alpha value is -3.07. The van der Waals surface area contributed by atoms with Gasteiger partial charge in [0, 0.05) is 26.1 Å². The molecule has 0 aromatic heterocycles. The Morgan fingerprint density at radius 2 is 1.78 bits per heavy atom. The lowest BCUT2D eigenvalue weighted by molar-refractivity contribution is -0.141. The molecule has 1 unspecified atom stereocenters. The van der Waals surface area contributed by atoms with Crippen molar-refractivity contribution in [2.45, 2.75) is 66.0 Å². The van der Waals surface area contributed by atoms with E-state index in [4.69, 9.17) is 4.74 Å². The molecule has 0 spiro atoms. The number of sulfonamides is 1. The minimum absolute atomic E-state index is 0.110. The van der Waals surface area contributed by atoms with Gasteiger partial charge in [-0.25, -0.2) is 8.42 Å². The molecule has 204 valence electrons. The number of ether oxygens (including phenoxy) is 1. The van der Waals surface area contributed by atoms with Crippen molar-refractivity contribution in [3.8, 4) is 5.75 Å². The van der Waals surface area contributed by atoms with Gasteiger partial charge >= 0.3 is 0 Å². The Labute approximate surface area is 222 Å². The molecule has 1 atom stereocenters. The number of carbonyl (C=O) groups excluding carboxylic acids is 2. The second-order valence-corrected chi connectivity index (χ2v) is 11.2. The van der Waals surface area contributed by atoms with Crippen LogP contribution in [0.2, 0.25) is 0 Å². The normalized spacial score (nSPS) is 12.1. The van der Waals surface area contributed by atoms with E-state index in [0.29, 0.717) is 30.8 Å². The van der Waals surface area contributed by atoms with Crippen LogP contribution in [0, 0.1) is 13.8 Å². The number of hydrogen-bond donors (Lipinski definition) is 1. The molecule has 2 aromatic carbocycles. The Morgan fingerprint density at radius 1 is 1.05 bits per heavy atom. The Balaban J connectivity index is 2.24. The third-order valence-corrected chi connectivity index (χ3v) is 7.55. The summed E-state index contributed by atoms with van der Waals surface area (Å²) in [5.41, 5.74) is 3.50. The molecule has 0 saturated heterocycles. The molecule has 0 fully saturated rings. The van der Waals surface area contributed by atoms with Crippen molar-refractivity contribution >= 4 is 27.5 Å². The monoisotopic (exact) mass is 531 g/mol. The first-order valence-corrected chi connectivity index (χ1v) is 14.6. The van der Waals surface area contributed by atoms with E-state index in [-0.39, 0.29) is 31.3 Å². The zero-order valence-electron chi connectivity index (χ0n) is 22.9. The van der Waals surface area contributed by atoms with E-state index >= 15 is 0 Å². The summed E-state index contributed by atoms with van der Waals surface area (Å²) in [4.78, 5) is 28.0. The molecule has 9 heteroatoms. The minimum atomic E-state index is -3.54. The predicted molar refractivity (Wildman–Crippen MR) is 148 cm³/mol. The van der Waals surface area contributed by atoms with E-state index in [0.717, 1.165) is 23.1 Å². The fourth-order valence-corrected chi connectivity index (χ4v) is 5.09. The van der Waals surface area contributed by atoms with Gasteiger partial charge in [0.15, 0.2) is 0 Å². The summed E-state index contributed by atoms with van der Waals surface area (Å²) in [6.07, 6.45) is 2.86. The van der Waals surface area contributed by atoms with Crippen molar-refractivity contribution < 1.29 is 22.7 Å². The van der Waals surface area contributed by atoms with E-state index < -0.39 is 16.1 Å². The van der Waals surface area contributed by atoms with Gasteiger partial charge in [-0.15, -0.1) is 0 Å². The molecule has 0 aliphatic carbocycles. The maximum atomic E-state index is 13.5. The van der Waals surface area contributed by atoms with Crippen LogP contribution in [-0.4, -0.2) is 57.6 Å². The number of hydrogen-bond acceptors (Lipinski definition) is 5. The summed E-state index contributed by atoms with van der Waals surface area (Å²) < 4.78 is 31.8. The highest BCUT2D eigenvalue weighted by Gasteiger charge is 2.28. The fraction of sp³-hybridized carbons (Fsp3) is 0.500. The highest BCUT2D eigenvalue weighted by Crippen LogP contribution is 2.23. The molecule has 2 amide bonds. The SMILES string of the molecule is CCCNC(=O)C(CC)N(Cc1cccc(OC)c1)C(=O)CCCN(c1ccc(C)c(C)c1)S(C)(=O)=O. The van der Waals surface area contributed by atoms with Crippen LogP contribution in [0.4, 0.5) is 5.69 Å². The van der Waals surface area contributed by atoms with Gasteiger partial charge in [0.1, 0.15) is 11.8 Å². The third-order valence-electron chi connectivity index (χ3n) is 6.35. The zero-order chi connectivity index (χ0) is 27.6. The van der Waals surface area contributed by atoms with Crippen LogP contribution in [0.15, 0.2) is 42.5 Å². The molecule has 37 heavy (non-hydrogen) atoms. The van der Waals surface area contributed by atoms with Gasteiger partial charge in [-0.3, -0.25) is 13.9 Å². The van der Waals surface area contributed by atoms with Gasteiger partial charge in [0.05, 0.1) is 19.1 Å². The quantitative estimate of drug-likeness (QED) is 0.394. The Bertz CT molecular complexity index is 1170. The van der Waals surface area contributed by atoms with Gasteiger partial charge in [-0.05, 0) is 74.1 Å². The van der Waals surface area contributed by atoms with Crippen LogP contribution in [0.3, 0.4) is 0 Å². The number of aryl methyl sites for hydroxylation is 2. The molecule has 0 saturated carbocycles. The molecule has 0 heterocycles. The van der Waals surface area contributed by atoms with Crippen molar-refractivity contribution in [3.05, 3.63) is 59.2 Å². The number of rotatable bonds is 14. The molecular formula is C28H41N3O5S. The molecule has 0 radical (unpaired) electrons. The molecular weight excluding hydrogens is 490 g/mol. The maximum Gasteiger partial charge on any atom is 0.242 e. The van der Waals surface area contributed by atoms with Crippen molar-refractivity contribution in [1.82, 2.24) is 10.2 Å². The van der Waals surface area contributed by atoms with E-state index in [2.05, 4.69) is 5.32 Å². The summed E-state index contributed by atoms with van der Waals surface area (Å²) in [5, 5.41) is 2.91. The van der Waals surface area contributed by atoms with Gasteiger partial charge in [0.25, 0.3) is 0 Å². The van der Waals surface area contributed by atoms with Crippen molar-refractivity contribution in [2.75, 3.05) is 30.8 Å². The van der Waals surface area contributed by atoms with Crippen molar-refractivity contribution in [3.63, 3.8) is 0 Å². The second kappa shape index (κ2) is 14.0. The number of nitrogens with one attached hydrogen (secondary N) is 1. The number of anilines is 1. The number of nitrogens with zero attached hydrogens (tertiary/aromatic N) is 2. The summed E-state index contributed by atoms with van der Waals surface area (Å²) in [6, 6.07) is 12.3. The Morgan fingerprint density at radius 3 is 2.38 bits per heavy atom. The number of methoxy groups -OCH3 is 1. The number of carbonyl (C=O) groups is 2. The van der Waals surface area contributed by atoms with Crippen LogP contribution < -0.4 is 14.4 Å². The van der Waals surface area contributed by atoms with E-state index in [1.807, 2.05) is 64.1 Å². The van der Waals surface area contributed by atoms with Gasteiger partial charge < -0.3 is 15.0 Å². The van der Waals surface area contributed by atoms with Crippen LogP contribution in [0.1, 0.15) is 56.2 Å². The van der Waals surface area contributed by atoms with Crippen molar-refractivity contribution in [1.29, 1.82) is 0 Å².